The molecule has 1 aliphatic rings. The van der Waals surface area contributed by atoms with Crippen molar-refractivity contribution in [1.82, 2.24) is 14.5 Å². The van der Waals surface area contributed by atoms with Crippen LogP contribution < -0.4 is 5.32 Å². The number of amides is 1. The van der Waals surface area contributed by atoms with Crippen LogP contribution in [0.3, 0.4) is 0 Å². The van der Waals surface area contributed by atoms with Crippen molar-refractivity contribution in [2.24, 2.45) is 0 Å². The van der Waals surface area contributed by atoms with Crippen LogP contribution in [0.25, 0.3) is 0 Å². The number of nitrogens with zero attached hydrogens (tertiary/aromatic N) is 2. The molecule has 0 aliphatic carbocycles. The molecule has 1 N–H and O–H groups in total. The van der Waals surface area contributed by atoms with Gasteiger partial charge >= 0.3 is 0 Å². The maximum Gasteiger partial charge on any atom is 0.243 e. The lowest BCUT2D eigenvalue weighted by atomic mass is 10.3. The highest BCUT2D eigenvalue weighted by Crippen LogP contribution is 2.18. The Hall–Kier alpha value is -1.22. The topological polar surface area (TPSA) is 69.7 Å². The molecular formula is C13H19ClFN3O3S. The molecule has 0 atom stereocenters. The molecule has 6 nitrogen and oxygen atoms in total. The molecule has 2 rings (SSSR count). The molecule has 1 heterocycles. The first-order chi connectivity index (χ1) is 9.95. The number of hydrogen-bond donors (Lipinski definition) is 1. The Balaban J connectivity index is 0.00000242. The Morgan fingerprint density at radius 2 is 1.73 bits per heavy atom. The molecule has 1 saturated heterocycles. The van der Waals surface area contributed by atoms with Gasteiger partial charge in [0.05, 0.1) is 11.4 Å². The Labute approximate surface area is 135 Å². The zero-order chi connectivity index (χ0) is 15.5. The summed E-state index contributed by atoms with van der Waals surface area (Å²) in [5.41, 5.74) is 0. The lowest BCUT2D eigenvalue weighted by Gasteiger charge is -2.34. The van der Waals surface area contributed by atoms with Crippen LogP contribution in [0.15, 0.2) is 29.2 Å². The Morgan fingerprint density at radius 1 is 1.18 bits per heavy atom. The summed E-state index contributed by atoms with van der Waals surface area (Å²) in [5.74, 6) is -0.521. The minimum atomic E-state index is -3.63. The average molecular weight is 352 g/mol. The molecule has 0 radical (unpaired) electrons. The van der Waals surface area contributed by atoms with Gasteiger partial charge in [0, 0.05) is 26.2 Å². The third-order valence-corrected chi connectivity index (χ3v) is 5.28. The van der Waals surface area contributed by atoms with E-state index >= 15 is 0 Å². The lowest BCUT2D eigenvalue weighted by molar-refractivity contribution is -0.131. The molecule has 1 aromatic rings. The van der Waals surface area contributed by atoms with E-state index in [0.29, 0.717) is 13.1 Å². The van der Waals surface area contributed by atoms with E-state index in [4.69, 9.17) is 0 Å². The van der Waals surface area contributed by atoms with E-state index in [0.717, 1.165) is 12.1 Å². The van der Waals surface area contributed by atoms with E-state index in [9.17, 15) is 17.6 Å². The number of piperazine rings is 1. The van der Waals surface area contributed by atoms with Crippen LogP contribution in [-0.2, 0) is 14.8 Å². The van der Waals surface area contributed by atoms with E-state index in [1.54, 1.807) is 11.9 Å². The van der Waals surface area contributed by atoms with Crippen LogP contribution >= 0.6 is 12.4 Å². The van der Waals surface area contributed by atoms with Gasteiger partial charge in [-0.25, -0.2) is 12.8 Å². The van der Waals surface area contributed by atoms with Crippen LogP contribution in [0.5, 0.6) is 0 Å². The van der Waals surface area contributed by atoms with Crippen molar-refractivity contribution in [3.8, 4) is 0 Å². The first kappa shape index (κ1) is 18.8. The standard InChI is InChI=1S/C13H18FN3O3S.ClH/c1-15-10-13(18)16-6-8-17(9-7-16)21(19,20)12-4-2-11(14)3-5-12;/h2-5,15H,6-10H2,1H3;1H. The molecule has 0 bridgehead atoms. The predicted octanol–water partition coefficient (Wildman–Crippen LogP) is 0.300. The van der Waals surface area contributed by atoms with Crippen LogP contribution in [-0.4, -0.2) is 63.3 Å². The average Bonchev–Trinajstić information content (AvgIpc) is 2.48. The normalized spacial score (nSPS) is 16.2. The molecule has 22 heavy (non-hydrogen) atoms. The second kappa shape index (κ2) is 7.87. The first-order valence-corrected chi connectivity index (χ1v) is 8.07. The van der Waals surface area contributed by atoms with Crippen molar-refractivity contribution in [3.05, 3.63) is 30.1 Å². The minimum Gasteiger partial charge on any atom is -0.339 e. The molecule has 0 saturated carbocycles. The third-order valence-electron chi connectivity index (χ3n) is 3.37. The van der Waals surface area contributed by atoms with Crippen molar-refractivity contribution >= 4 is 28.3 Å². The van der Waals surface area contributed by atoms with E-state index < -0.39 is 15.8 Å². The summed E-state index contributed by atoms with van der Waals surface area (Å²) in [6, 6.07) is 4.76. The Kier molecular flexibility index (Phi) is 6.73. The van der Waals surface area contributed by atoms with Crippen LogP contribution in [0, 0.1) is 5.82 Å². The van der Waals surface area contributed by atoms with Crippen molar-refractivity contribution in [2.75, 3.05) is 39.8 Å². The van der Waals surface area contributed by atoms with Gasteiger partial charge in [-0.15, -0.1) is 12.4 Å². The quantitative estimate of drug-likeness (QED) is 0.847. The van der Waals surface area contributed by atoms with Crippen LogP contribution in [0.1, 0.15) is 0 Å². The number of halogens is 2. The predicted molar refractivity (Wildman–Crippen MR) is 82.9 cm³/mol. The summed E-state index contributed by atoms with van der Waals surface area (Å²) in [7, 11) is -1.94. The number of rotatable bonds is 4. The maximum absolute atomic E-state index is 12.9. The summed E-state index contributed by atoms with van der Waals surface area (Å²) in [6.45, 7) is 1.46. The fraction of sp³-hybridized carbons (Fsp3) is 0.462. The molecule has 1 aromatic carbocycles. The van der Waals surface area contributed by atoms with Crippen molar-refractivity contribution < 1.29 is 17.6 Å². The molecule has 1 amide bonds. The summed E-state index contributed by atoms with van der Waals surface area (Å²) in [4.78, 5) is 13.4. The molecule has 9 heteroatoms. The number of benzene rings is 1. The summed E-state index contributed by atoms with van der Waals surface area (Å²) in [6.07, 6.45) is 0. The van der Waals surface area contributed by atoms with Gasteiger partial charge in [-0.1, -0.05) is 0 Å². The molecule has 0 unspecified atom stereocenters. The van der Waals surface area contributed by atoms with Gasteiger partial charge in [-0.3, -0.25) is 4.79 Å². The number of likely N-dealkylation sites (N-methyl/N-ethyl adjacent to an activating group) is 1. The number of sulfonamides is 1. The second-order valence-corrected chi connectivity index (χ2v) is 6.71. The van der Waals surface area contributed by atoms with Crippen molar-refractivity contribution in [2.45, 2.75) is 4.90 Å². The number of nitrogens with one attached hydrogen (secondary N) is 1. The molecule has 124 valence electrons. The zero-order valence-electron chi connectivity index (χ0n) is 12.2. The molecule has 0 spiro atoms. The van der Waals surface area contributed by atoms with Crippen molar-refractivity contribution in [1.29, 1.82) is 0 Å². The van der Waals surface area contributed by atoms with Crippen LogP contribution in [0.4, 0.5) is 4.39 Å². The van der Waals surface area contributed by atoms with E-state index in [1.807, 2.05) is 0 Å². The zero-order valence-corrected chi connectivity index (χ0v) is 13.8. The van der Waals surface area contributed by atoms with Gasteiger partial charge < -0.3 is 10.2 Å². The fourth-order valence-electron chi connectivity index (χ4n) is 2.20. The van der Waals surface area contributed by atoms with E-state index in [1.165, 1.54) is 16.4 Å². The highest BCUT2D eigenvalue weighted by molar-refractivity contribution is 7.89. The SMILES string of the molecule is CNCC(=O)N1CCN(S(=O)(=O)c2ccc(F)cc2)CC1.Cl. The summed E-state index contributed by atoms with van der Waals surface area (Å²) in [5, 5.41) is 2.78. The van der Waals surface area contributed by atoms with Gasteiger partial charge in [0.25, 0.3) is 0 Å². The minimum absolute atomic E-state index is 0. The fourth-order valence-corrected chi connectivity index (χ4v) is 3.62. The van der Waals surface area contributed by atoms with E-state index in [2.05, 4.69) is 5.32 Å². The Bertz CT molecular complexity index is 601. The second-order valence-electron chi connectivity index (χ2n) is 4.77. The monoisotopic (exact) mass is 351 g/mol. The number of carbonyl (C=O) groups excluding carboxylic acids is 1. The van der Waals surface area contributed by atoms with Gasteiger partial charge in [0.2, 0.25) is 15.9 Å². The first-order valence-electron chi connectivity index (χ1n) is 6.63. The van der Waals surface area contributed by atoms with E-state index in [-0.39, 0.29) is 42.8 Å². The lowest BCUT2D eigenvalue weighted by Crippen LogP contribution is -2.52. The molecule has 1 fully saturated rings. The maximum atomic E-state index is 12.9. The van der Waals surface area contributed by atoms with Gasteiger partial charge in [0.15, 0.2) is 0 Å². The van der Waals surface area contributed by atoms with Gasteiger partial charge in [-0.05, 0) is 31.3 Å². The Morgan fingerprint density at radius 3 is 2.23 bits per heavy atom. The highest BCUT2D eigenvalue weighted by Gasteiger charge is 2.29. The third kappa shape index (κ3) is 4.16. The molecule has 1 aliphatic heterocycles. The van der Waals surface area contributed by atoms with Gasteiger partial charge in [0.1, 0.15) is 5.82 Å². The number of hydrogen-bond acceptors (Lipinski definition) is 4. The smallest absolute Gasteiger partial charge is 0.243 e. The largest absolute Gasteiger partial charge is 0.339 e. The molecule has 0 aromatic heterocycles. The highest BCUT2D eigenvalue weighted by atomic mass is 35.5. The summed E-state index contributed by atoms with van der Waals surface area (Å²) < 4.78 is 39.0. The van der Waals surface area contributed by atoms with Gasteiger partial charge in [-0.2, -0.15) is 4.31 Å². The van der Waals surface area contributed by atoms with Crippen molar-refractivity contribution in [3.63, 3.8) is 0 Å². The molecular weight excluding hydrogens is 333 g/mol. The van der Waals surface area contributed by atoms with Crippen LogP contribution in [0.2, 0.25) is 0 Å². The summed E-state index contributed by atoms with van der Waals surface area (Å²) >= 11 is 0. The number of carbonyl (C=O) groups is 1.